The number of nitrogens with zero attached hydrogens (tertiary/aromatic N) is 1. The van der Waals surface area contributed by atoms with E-state index in [-0.39, 0.29) is 0 Å². The van der Waals surface area contributed by atoms with Crippen molar-refractivity contribution in [1.82, 2.24) is 5.32 Å². The second-order valence-corrected chi connectivity index (χ2v) is 2.68. The molecule has 0 saturated carbocycles. The lowest BCUT2D eigenvalue weighted by Crippen LogP contribution is -2.04. The van der Waals surface area contributed by atoms with Gasteiger partial charge in [0.25, 0.3) is 0 Å². The van der Waals surface area contributed by atoms with Gasteiger partial charge in [0.1, 0.15) is 0 Å². The van der Waals surface area contributed by atoms with Gasteiger partial charge in [-0.2, -0.15) is 0 Å². The molecule has 0 N–H and O–H groups in total. The van der Waals surface area contributed by atoms with E-state index in [4.69, 9.17) is 0 Å². The highest BCUT2D eigenvalue weighted by Gasteiger charge is 1.87. The van der Waals surface area contributed by atoms with E-state index in [0.717, 1.165) is 13.1 Å². The smallest absolute Gasteiger partial charge is 0.0133 e. The van der Waals surface area contributed by atoms with Crippen LogP contribution in [0, 0.1) is 0 Å². The molecule has 1 heteroatoms. The van der Waals surface area contributed by atoms with Gasteiger partial charge in [-0.15, -0.1) is 0 Å². The van der Waals surface area contributed by atoms with E-state index in [1.807, 2.05) is 0 Å². The Labute approximate surface area is 65.2 Å². The molecule has 0 saturated heterocycles. The molecule has 61 valence electrons. The number of rotatable bonds is 7. The first kappa shape index (κ1) is 9.96. The lowest BCUT2D eigenvalue weighted by molar-refractivity contribution is 0.588. The summed E-state index contributed by atoms with van der Waals surface area (Å²) in [6.45, 7) is 6.43. The molecule has 0 bridgehead atoms. The Hall–Kier alpha value is -0.0400. The van der Waals surface area contributed by atoms with Crippen molar-refractivity contribution in [3.05, 3.63) is 0 Å². The van der Waals surface area contributed by atoms with Gasteiger partial charge in [-0.1, -0.05) is 39.5 Å². The molecule has 1 radical (unpaired) electrons. The van der Waals surface area contributed by atoms with Crippen LogP contribution in [0.25, 0.3) is 0 Å². The summed E-state index contributed by atoms with van der Waals surface area (Å²) in [5, 5.41) is 4.27. The zero-order valence-electron chi connectivity index (χ0n) is 7.40. The summed E-state index contributed by atoms with van der Waals surface area (Å²) < 4.78 is 0. The number of unbranched alkanes of at least 4 members (excludes halogenated alkanes) is 4. The first-order chi connectivity index (χ1) is 4.91. The van der Waals surface area contributed by atoms with Crippen molar-refractivity contribution in [1.29, 1.82) is 0 Å². The van der Waals surface area contributed by atoms with Gasteiger partial charge in [0.15, 0.2) is 0 Å². The average molecular weight is 142 g/mol. The van der Waals surface area contributed by atoms with Gasteiger partial charge in [0, 0.05) is 13.1 Å². The van der Waals surface area contributed by atoms with E-state index in [2.05, 4.69) is 19.2 Å². The molecule has 0 spiro atoms. The summed E-state index contributed by atoms with van der Waals surface area (Å²) in [5.41, 5.74) is 0. The summed E-state index contributed by atoms with van der Waals surface area (Å²) >= 11 is 0. The average Bonchev–Trinajstić information content (AvgIpc) is 1.97. The molecule has 0 aromatic heterocycles. The molecule has 0 aliphatic heterocycles. The fourth-order valence-corrected chi connectivity index (χ4v) is 0.985. The third kappa shape index (κ3) is 7.96. The summed E-state index contributed by atoms with van der Waals surface area (Å²) in [6, 6.07) is 0. The zero-order valence-corrected chi connectivity index (χ0v) is 7.40. The molecule has 0 unspecified atom stereocenters. The molecule has 0 aromatic rings. The van der Waals surface area contributed by atoms with E-state index < -0.39 is 0 Å². The molecule has 0 heterocycles. The monoisotopic (exact) mass is 142 g/mol. The molecular formula is C9H20N. The molecule has 0 aromatic carbocycles. The Morgan fingerprint density at radius 3 is 2.20 bits per heavy atom. The third-order valence-corrected chi connectivity index (χ3v) is 1.64. The van der Waals surface area contributed by atoms with Crippen LogP contribution in [0.1, 0.15) is 46.0 Å². The Balaban J connectivity index is 2.65. The standard InChI is InChI=1S/C9H20N/c1-3-5-6-7-8-9-10-4-2/h3-9H2,1-2H3. The quantitative estimate of drug-likeness (QED) is 0.485. The van der Waals surface area contributed by atoms with Crippen LogP contribution in [0.3, 0.4) is 0 Å². The predicted octanol–water partition coefficient (Wildman–Crippen LogP) is 2.58. The third-order valence-electron chi connectivity index (χ3n) is 1.64. The summed E-state index contributed by atoms with van der Waals surface area (Å²) in [6.07, 6.45) is 6.80. The van der Waals surface area contributed by atoms with Gasteiger partial charge >= 0.3 is 0 Å². The fraction of sp³-hybridized carbons (Fsp3) is 1.00. The van der Waals surface area contributed by atoms with Crippen molar-refractivity contribution >= 4 is 0 Å². The van der Waals surface area contributed by atoms with E-state index in [1.54, 1.807) is 0 Å². The normalized spacial score (nSPS) is 10.2. The van der Waals surface area contributed by atoms with Gasteiger partial charge in [0.2, 0.25) is 0 Å². The summed E-state index contributed by atoms with van der Waals surface area (Å²) in [4.78, 5) is 0. The van der Waals surface area contributed by atoms with Crippen LogP contribution in [0.15, 0.2) is 0 Å². The Morgan fingerprint density at radius 2 is 1.60 bits per heavy atom. The second-order valence-electron chi connectivity index (χ2n) is 2.68. The number of hydrogen-bond donors (Lipinski definition) is 0. The van der Waals surface area contributed by atoms with Crippen molar-refractivity contribution in [2.24, 2.45) is 0 Å². The van der Waals surface area contributed by atoms with Crippen LogP contribution in [-0.2, 0) is 0 Å². The summed E-state index contributed by atoms with van der Waals surface area (Å²) in [7, 11) is 0. The van der Waals surface area contributed by atoms with E-state index in [1.165, 1.54) is 32.1 Å². The molecule has 10 heavy (non-hydrogen) atoms. The molecule has 0 atom stereocenters. The van der Waals surface area contributed by atoms with E-state index >= 15 is 0 Å². The van der Waals surface area contributed by atoms with Crippen molar-refractivity contribution in [3.63, 3.8) is 0 Å². The fourth-order valence-electron chi connectivity index (χ4n) is 0.985. The Kier molecular flexibility index (Phi) is 8.92. The number of hydrogen-bond acceptors (Lipinski definition) is 0. The van der Waals surface area contributed by atoms with Crippen LogP contribution in [0.2, 0.25) is 0 Å². The van der Waals surface area contributed by atoms with Crippen LogP contribution in [0.5, 0.6) is 0 Å². The Morgan fingerprint density at radius 1 is 0.900 bits per heavy atom. The van der Waals surface area contributed by atoms with Crippen LogP contribution >= 0.6 is 0 Å². The maximum Gasteiger partial charge on any atom is 0.0133 e. The minimum Gasteiger partial charge on any atom is -0.242 e. The van der Waals surface area contributed by atoms with E-state index in [9.17, 15) is 0 Å². The highest BCUT2D eigenvalue weighted by Crippen LogP contribution is 2.00. The van der Waals surface area contributed by atoms with Crippen molar-refractivity contribution < 1.29 is 0 Å². The maximum atomic E-state index is 4.27. The lowest BCUT2D eigenvalue weighted by atomic mass is 10.1. The molecule has 1 nitrogen and oxygen atoms in total. The van der Waals surface area contributed by atoms with Gasteiger partial charge < -0.3 is 0 Å². The molecule has 0 fully saturated rings. The van der Waals surface area contributed by atoms with Crippen LogP contribution < -0.4 is 5.32 Å². The van der Waals surface area contributed by atoms with Crippen molar-refractivity contribution in [3.8, 4) is 0 Å². The predicted molar refractivity (Wildman–Crippen MR) is 46.3 cm³/mol. The van der Waals surface area contributed by atoms with Crippen LogP contribution in [0.4, 0.5) is 0 Å². The minimum atomic E-state index is 0.994. The highest BCUT2D eigenvalue weighted by atomic mass is 14.8. The van der Waals surface area contributed by atoms with Gasteiger partial charge in [0.05, 0.1) is 0 Å². The first-order valence-electron chi connectivity index (χ1n) is 4.55. The van der Waals surface area contributed by atoms with E-state index in [0.29, 0.717) is 0 Å². The lowest BCUT2D eigenvalue weighted by Gasteiger charge is -1.98. The molecule has 0 aliphatic rings. The van der Waals surface area contributed by atoms with Gasteiger partial charge in [-0.05, 0) is 6.42 Å². The maximum absolute atomic E-state index is 4.27. The summed E-state index contributed by atoms with van der Waals surface area (Å²) in [5.74, 6) is 0. The van der Waals surface area contributed by atoms with Crippen molar-refractivity contribution in [2.75, 3.05) is 13.1 Å². The molecule has 0 rings (SSSR count). The first-order valence-corrected chi connectivity index (χ1v) is 4.55. The highest BCUT2D eigenvalue weighted by molar-refractivity contribution is 4.45. The largest absolute Gasteiger partial charge is 0.242 e. The van der Waals surface area contributed by atoms with Crippen molar-refractivity contribution in [2.45, 2.75) is 46.0 Å². The molecule has 0 amide bonds. The Bertz CT molecular complexity index is 44.7. The van der Waals surface area contributed by atoms with Gasteiger partial charge in [-0.3, -0.25) is 0 Å². The SMILES string of the molecule is CCCCCCC[N]CC. The molecule has 0 aliphatic carbocycles. The minimum absolute atomic E-state index is 0.994. The molecular weight excluding hydrogens is 122 g/mol. The second kappa shape index (κ2) is 8.96. The van der Waals surface area contributed by atoms with Gasteiger partial charge in [-0.25, -0.2) is 5.32 Å². The van der Waals surface area contributed by atoms with Crippen LogP contribution in [-0.4, -0.2) is 13.1 Å². The topological polar surface area (TPSA) is 14.1 Å². The zero-order chi connectivity index (χ0) is 7.66.